The number of alkyl halides is 1. The molecule has 2 rings (SSSR count). The van der Waals surface area contributed by atoms with Crippen LogP contribution in [0.15, 0.2) is 24.3 Å². The Bertz CT molecular complexity index is 406. The molecule has 3 nitrogen and oxygen atoms in total. The summed E-state index contributed by atoms with van der Waals surface area (Å²) in [6, 6.07) is 8.24. The van der Waals surface area contributed by atoms with Crippen molar-refractivity contribution in [1.29, 1.82) is 0 Å². The number of nitrogens with one attached hydrogen (secondary N) is 2. The van der Waals surface area contributed by atoms with Gasteiger partial charge in [0, 0.05) is 24.7 Å². The molecule has 1 aromatic rings. The Hall–Kier alpha value is -1.22. The van der Waals surface area contributed by atoms with E-state index in [1.54, 1.807) is 6.92 Å². The molecule has 0 saturated carbocycles. The summed E-state index contributed by atoms with van der Waals surface area (Å²) in [5, 5.41) is 5.79. The number of rotatable bonds is 3. The molecular weight excluding hydrogens is 236 g/mol. The van der Waals surface area contributed by atoms with Crippen LogP contribution in [0.4, 0.5) is 5.69 Å². The van der Waals surface area contributed by atoms with E-state index in [0.29, 0.717) is 12.5 Å². The minimum absolute atomic E-state index is 0.0947. The van der Waals surface area contributed by atoms with Gasteiger partial charge in [-0.1, -0.05) is 18.2 Å². The molecule has 0 saturated heterocycles. The van der Waals surface area contributed by atoms with Crippen LogP contribution in [-0.2, 0) is 4.79 Å². The third kappa shape index (κ3) is 2.91. The van der Waals surface area contributed by atoms with Gasteiger partial charge in [0.1, 0.15) is 5.38 Å². The van der Waals surface area contributed by atoms with Crippen molar-refractivity contribution in [3.05, 3.63) is 29.8 Å². The Labute approximate surface area is 107 Å². The van der Waals surface area contributed by atoms with Gasteiger partial charge in [-0.05, 0) is 25.0 Å². The highest BCUT2D eigenvalue weighted by Crippen LogP contribution is 2.30. The summed E-state index contributed by atoms with van der Waals surface area (Å²) >= 11 is 5.72. The molecule has 2 unspecified atom stereocenters. The van der Waals surface area contributed by atoms with Crippen LogP contribution in [0.25, 0.3) is 0 Å². The van der Waals surface area contributed by atoms with Crippen LogP contribution in [0.2, 0.25) is 0 Å². The third-order valence-corrected chi connectivity index (χ3v) is 3.29. The van der Waals surface area contributed by atoms with Gasteiger partial charge in [-0.25, -0.2) is 0 Å². The fourth-order valence-electron chi connectivity index (χ4n) is 2.13. The van der Waals surface area contributed by atoms with E-state index in [1.165, 1.54) is 11.3 Å². The maximum Gasteiger partial charge on any atom is 0.237 e. The summed E-state index contributed by atoms with van der Waals surface area (Å²) in [6.45, 7) is 3.30. The van der Waals surface area contributed by atoms with Gasteiger partial charge >= 0.3 is 0 Å². The molecule has 0 aromatic heterocycles. The van der Waals surface area contributed by atoms with E-state index in [-0.39, 0.29) is 5.91 Å². The van der Waals surface area contributed by atoms with Crippen molar-refractivity contribution in [2.45, 2.75) is 24.6 Å². The summed E-state index contributed by atoms with van der Waals surface area (Å²) < 4.78 is 0. The molecular formula is C13H17ClN2O. The quantitative estimate of drug-likeness (QED) is 0.811. The zero-order valence-corrected chi connectivity index (χ0v) is 10.6. The highest BCUT2D eigenvalue weighted by Gasteiger charge is 2.20. The number of fused-ring (bicyclic) bond motifs is 1. The van der Waals surface area contributed by atoms with E-state index < -0.39 is 5.38 Å². The van der Waals surface area contributed by atoms with Gasteiger partial charge in [0.15, 0.2) is 0 Å². The molecule has 1 aromatic carbocycles. The molecule has 4 heteroatoms. The van der Waals surface area contributed by atoms with E-state index in [9.17, 15) is 4.79 Å². The Morgan fingerprint density at radius 2 is 2.35 bits per heavy atom. The van der Waals surface area contributed by atoms with Crippen molar-refractivity contribution in [2.24, 2.45) is 0 Å². The van der Waals surface area contributed by atoms with Crippen LogP contribution in [0.3, 0.4) is 0 Å². The van der Waals surface area contributed by atoms with Crippen LogP contribution in [0, 0.1) is 0 Å². The second-order valence-electron chi connectivity index (χ2n) is 4.36. The zero-order chi connectivity index (χ0) is 12.3. The third-order valence-electron chi connectivity index (χ3n) is 3.09. The first kappa shape index (κ1) is 12.2. The molecule has 1 amide bonds. The first-order valence-corrected chi connectivity index (χ1v) is 6.36. The predicted octanol–water partition coefficient (Wildman–Crippen LogP) is 2.33. The highest BCUT2D eigenvalue weighted by molar-refractivity contribution is 6.30. The Morgan fingerprint density at radius 3 is 3.12 bits per heavy atom. The molecule has 1 heterocycles. The predicted molar refractivity (Wildman–Crippen MR) is 70.6 cm³/mol. The van der Waals surface area contributed by atoms with E-state index >= 15 is 0 Å². The molecule has 0 aliphatic carbocycles. The maximum atomic E-state index is 11.4. The SMILES string of the molecule is CC(Cl)C(=O)NCC1CCNc2ccccc21. The van der Waals surface area contributed by atoms with E-state index in [1.807, 2.05) is 12.1 Å². The van der Waals surface area contributed by atoms with Crippen molar-refractivity contribution in [1.82, 2.24) is 5.32 Å². The Morgan fingerprint density at radius 1 is 1.59 bits per heavy atom. The zero-order valence-electron chi connectivity index (χ0n) is 9.87. The van der Waals surface area contributed by atoms with E-state index in [0.717, 1.165) is 13.0 Å². The van der Waals surface area contributed by atoms with E-state index in [4.69, 9.17) is 11.6 Å². The van der Waals surface area contributed by atoms with Crippen molar-refractivity contribution in [3.8, 4) is 0 Å². The lowest BCUT2D eigenvalue weighted by atomic mass is 9.91. The minimum Gasteiger partial charge on any atom is -0.385 e. The lowest BCUT2D eigenvalue weighted by molar-refractivity contribution is -0.120. The normalized spacial score (nSPS) is 20.0. The van der Waals surface area contributed by atoms with Crippen molar-refractivity contribution < 1.29 is 4.79 Å². The Balaban J connectivity index is 2.01. The molecule has 1 aliphatic heterocycles. The van der Waals surface area contributed by atoms with Crippen LogP contribution in [0.5, 0.6) is 0 Å². The van der Waals surface area contributed by atoms with Crippen molar-refractivity contribution in [3.63, 3.8) is 0 Å². The molecule has 0 bridgehead atoms. The first-order valence-electron chi connectivity index (χ1n) is 5.93. The largest absolute Gasteiger partial charge is 0.385 e. The number of amides is 1. The standard InChI is InChI=1S/C13H17ClN2O/c1-9(14)13(17)16-8-10-6-7-15-12-5-3-2-4-11(10)12/h2-5,9-10,15H,6-8H2,1H3,(H,16,17). The highest BCUT2D eigenvalue weighted by atomic mass is 35.5. The van der Waals surface area contributed by atoms with Gasteiger partial charge in [-0.3, -0.25) is 4.79 Å². The smallest absolute Gasteiger partial charge is 0.237 e. The molecule has 0 radical (unpaired) electrons. The molecule has 0 fully saturated rings. The number of carbonyl (C=O) groups excluding carboxylic acids is 1. The monoisotopic (exact) mass is 252 g/mol. The van der Waals surface area contributed by atoms with Crippen LogP contribution in [0.1, 0.15) is 24.8 Å². The lowest BCUT2D eigenvalue weighted by Gasteiger charge is -2.27. The average molecular weight is 253 g/mol. The summed E-state index contributed by atoms with van der Waals surface area (Å²) in [5.41, 5.74) is 2.46. The van der Waals surface area contributed by atoms with Gasteiger partial charge in [0.2, 0.25) is 5.91 Å². The summed E-state index contributed by atoms with van der Waals surface area (Å²) in [6.07, 6.45) is 1.04. The molecule has 2 atom stereocenters. The second-order valence-corrected chi connectivity index (χ2v) is 5.02. The van der Waals surface area contributed by atoms with Gasteiger partial charge in [-0.15, -0.1) is 11.6 Å². The van der Waals surface area contributed by atoms with Crippen LogP contribution in [-0.4, -0.2) is 24.4 Å². The second kappa shape index (κ2) is 5.41. The van der Waals surface area contributed by atoms with Gasteiger partial charge in [0.05, 0.1) is 0 Å². The van der Waals surface area contributed by atoms with Crippen molar-refractivity contribution >= 4 is 23.2 Å². The average Bonchev–Trinajstić information content (AvgIpc) is 2.35. The summed E-state index contributed by atoms with van der Waals surface area (Å²) in [7, 11) is 0. The fourth-order valence-corrected chi connectivity index (χ4v) is 2.20. The lowest BCUT2D eigenvalue weighted by Crippen LogP contribution is -2.34. The number of hydrogen-bond acceptors (Lipinski definition) is 2. The molecule has 17 heavy (non-hydrogen) atoms. The molecule has 1 aliphatic rings. The minimum atomic E-state index is -0.466. The molecule has 2 N–H and O–H groups in total. The Kier molecular flexibility index (Phi) is 3.89. The number of carbonyl (C=O) groups is 1. The van der Waals surface area contributed by atoms with Gasteiger partial charge in [-0.2, -0.15) is 0 Å². The summed E-state index contributed by atoms with van der Waals surface area (Å²) in [5.74, 6) is 0.287. The summed E-state index contributed by atoms with van der Waals surface area (Å²) in [4.78, 5) is 11.4. The number of anilines is 1. The van der Waals surface area contributed by atoms with Crippen LogP contribution < -0.4 is 10.6 Å². The van der Waals surface area contributed by atoms with Crippen molar-refractivity contribution in [2.75, 3.05) is 18.4 Å². The number of para-hydroxylation sites is 1. The van der Waals surface area contributed by atoms with Crippen LogP contribution >= 0.6 is 11.6 Å². The number of halogens is 1. The number of hydrogen-bond donors (Lipinski definition) is 2. The molecule has 92 valence electrons. The van der Waals surface area contributed by atoms with Gasteiger partial charge in [0.25, 0.3) is 0 Å². The topological polar surface area (TPSA) is 41.1 Å². The number of benzene rings is 1. The van der Waals surface area contributed by atoms with Gasteiger partial charge < -0.3 is 10.6 Å². The van der Waals surface area contributed by atoms with E-state index in [2.05, 4.69) is 22.8 Å². The molecule has 0 spiro atoms. The first-order chi connectivity index (χ1) is 8.18. The maximum absolute atomic E-state index is 11.4. The fraction of sp³-hybridized carbons (Fsp3) is 0.462.